The van der Waals surface area contributed by atoms with Gasteiger partial charge < -0.3 is 5.32 Å². The number of aliphatic imine (C=N–C) groups is 1. The molecule has 2 aromatic carbocycles. The number of rotatable bonds is 6. The largest absolute Gasteiger partial charge is 0.351 e. The monoisotopic (exact) mass is 455 g/mol. The minimum absolute atomic E-state index is 0.193. The highest BCUT2D eigenvalue weighted by molar-refractivity contribution is 5.91. The fourth-order valence-corrected chi connectivity index (χ4v) is 7.38. The molecule has 34 heavy (non-hydrogen) atoms. The van der Waals surface area contributed by atoms with Crippen LogP contribution in [0.2, 0.25) is 0 Å². The van der Waals surface area contributed by atoms with E-state index in [0.717, 1.165) is 44.7 Å². The summed E-state index contributed by atoms with van der Waals surface area (Å²) in [5.41, 5.74) is 2.04. The van der Waals surface area contributed by atoms with E-state index in [2.05, 4.69) is 84.0 Å². The van der Waals surface area contributed by atoms with Crippen molar-refractivity contribution in [2.24, 2.45) is 28.7 Å². The molecule has 1 saturated heterocycles. The van der Waals surface area contributed by atoms with Crippen LogP contribution in [0.4, 0.5) is 0 Å². The smallest absolute Gasteiger partial charge is 0.248 e. The zero-order chi connectivity index (χ0) is 23.1. The molecular formula is C30H37N3O. The highest BCUT2D eigenvalue weighted by Crippen LogP contribution is 2.54. The maximum Gasteiger partial charge on any atom is 0.248 e. The first-order valence-electron chi connectivity index (χ1n) is 13.3. The SMILES string of the molecule is CC1CCC(NC(=O)C23CC4CN(Cc5ccccc5)C(C4C=N2)C3Cc2ccccc2)CC1. The average Bonchev–Trinajstić information content (AvgIpc) is 3.16. The lowest BCUT2D eigenvalue weighted by Crippen LogP contribution is -2.65. The van der Waals surface area contributed by atoms with Crippen molar-refractivity contribution in [3.8, 4) is 0 Å². The van der Waals surface area contributed by atoms with E-state index in [1.54, 1.807) is 0 Å². The van der Waals surface area contributed by atoms with Crippen molar-refractivity contribution in [1.82, 2.24) is 10.2 Å². The van der Waals surface area contributed by atoms with Gasteiger partial charge in [0.1, 0.15) is 5.54 Å². The number of nitrogens with zero attached hydrogens (tertiary/aromatic N) is 2. The van der Waals surface area contributed by atoms with E-state index in [9.17, 15) is 4.79 Å². The third-order valence-electron chi connectivity index (χ3n) is 9.18. The van der Waals surface area contributed by atoms with Crippen molar-refractivity contribution >= 4 is 12.1 Å². The highest BCUT2D eigenvalue weighted by atomic mass is 16.2. The first-order chi connectivity index (χ1) is 16.6. The molecule has 3 fully saturated rings. The second-order valence-electron chi connectivity index (χ2n) is 11.4. The third-order valence-corrected chi connectivity index (χ3v) is 9.18. The zero-order valence-electron chi connectivity index (χ0n) is 20.3. The third kappa shape index (κ3) is 3.90. The molecule has 5 atom stereocenters. The summed E-state index contributed by atoms with van der Waals surface area (Å²) in [5, 5.41) is 3.50. The van der Waals surface area contributed by atoms with Crippen LogP contribution in [-0.2, 0) is 17.8 Å². The lowest BCUT2D eigenvalue weighted by atomic mass is 9.59. The van der Waals surface area contributed by atoms with Gasteiger partial charge in [-0.25, -0.2) is 0 Å². The van der Waals surface area contributed by atoms with Gasteiger partial charge in [-0.1, -0.05) is 67.6 Å². The average molecular weight is 456 g/mol. The van der Waals surface area contributed by atoms with Gasteiger partial charge in [-0.3, -0.25) is 14.7 Å². The molecule has 4 bridgehead atoms. The van der Waals surface area contributed by atoms with Gasteiger partial charge in [-0.05, 0) is 61.5 Å². The van der Waals surface area contributed by atoms with Crippen LogP contribution in [0.25, 0.3) is 0 Å². The van der Waals surface area contributed by atoms with Crippen molar-refractivity contribution in [2.75, 3.05) is 6.54 Å². The van der Waals surface area contributed by atoms with Gasteiger partial charge in [0, 0.05) is 43.2 Å². The maximum absolute atomic E-state index is 14.1. The number of carbonyl (C=O) groups is 1. The Bertz CT molecular complexity index is 1030. The van der Waals surface area contributed by atoms with Crippen molar-refractivity contribution in [3.05, 3.63) is 71.8 Å². The predicted octanol–water partition coefficient (Wildman–Crippen LogP) is 4.88. The molecule has 5 aliphatic rings. The molecule has 0 spiro atoms. The molecule has 178 valence electrons. The fourth-order valence-electron chi connectivity index (χ4n) is 7.38. The molecule has 5 unspecified atom stereocenters. The van der Waals surface area contributed by atoms with Gasteiger partial charge in [0.15, 0.2) is 0 Å². The van der Waals surface area contributed by atoms with Gasteiger partial charge in [0.2, 0.25) is 5.91 Å². The van der Waals surface area contributed by atoms with Gasteiger partial charge in [-0.15, -0.1) is 0 Å². The van der Waals surface area contributed by atoms with E-state index in [1.807, 2.05) is 0 Å². The van der Waals surface area contributed by atoms with Crippen LogP contribution >= 0.6 is 0 Å². The van der Waals surface area contributed by atoms with Gasteiger partial charge in [-0.2, -0.15) is 0 Å². The lowest BCUT2D eigenvalue weighted by molar-refractivity contribution is -0.133. The molecule has 4 nitrogen and oxygen atoms in total. The summed E-state index contributed by atoms with van der Waals surface area (Å²) in [5.74, 6) is 2.16. The first-order valence-corrected chi connectivity index (χ1v) is 13.3. The standard InChI is InChI=1S/C30H37N3O/c1-21-12-14-25(15-13-21)32-29(34)30-17-24-20-33(19-23-10-6-3-7-11-23)28(26(24)18-31-30)27(30)16-22-8-4-2-5-9-22/h2-11,18,21,24-28H,12-17,19-20H2,1H3,(H,32,34). The Morgan fingerprint density at radius 1 is 1.00 bits per heavy atom. The molecule has 0 radical (unpaired) electrons. The minimum atomic E-state index is -0.631. The van der Waals surface area contributed by atoms with Gasteiger partial charge >= 0.3 is 0 Å². The number of likely N-dealkylation sites (tertiary alicyclic amines) is 1. The van der Waals surface area contributed by atoms with Crippen LogP contribution in [-0.4, -0.2) is 41.2 Å². The van der Waals surface area contributed by atoms with Crippen LogP contribution in [0.1, 0.15) is 50.2 Å². The molecule has 2 aromatic rings. The van der Waals surface area contributed by atoms with E-state index >= 15 is 0 Å². The molecular weight excluding hydrogens is 418 g/mol. The summed E-state index contributed by atoms with van der Waals surface area (Å²) in [6, 6.07) is 22.2. The summed E-state index contributed by atoms with van der Waals surface area (Å²) < 4.78 is 0. The summed E-state index contributed by atoms with van der Waals surface area (Å²) in [4.78, 5) is 21.8. The Morgan fingerprint density at radius 3 is 2.38 bits per heavy atom. The number of hydrogen-bond acceptors (Lipinski definition) is 3. The van der Waals surface area contributed by atoms with Gasteiger partial charge in [0.25, 0.3) is 0 Å². The summed E-state index contributed by atoms with van der Waals surface area (Å²) in [6.45, 7) is 4.35. The van der Waals surface area contributed by atoms with Crippen molar-refractivity contribution in [2.45, 2.75) is 69.6 Å². The number of carbonyl (C=O) groups excluding carboxylic acids is 1. The normalized spacial score (nSPS) is 36.5. The van der Waals surface area contributed by atoms with Crippen LogP contribution in [0.5, 0.6) is 0 Å². The van der Waals surface area contributed by atoms with Crippen molar-refractivity contribution < 1.29 is 4.79 Å². The zero-order valence-corrected chi connectivity index (χ0v) is 20.3. The first kappa shape index (κ1) is 22.0. The predicted molar refractivity (Wildman–Crippen MR) is 137 cm³/mol. The molecule has 1 N–H and O–H groups in total. The molecule has 3 aliphatic heterocycles. The quantitative estimate of drug-likeness (QED) is 0.674. The Labute approximate surface area is 203 Å². The Balaban J connectivity index is 1.31. The van der Waals surface area contributed by atoms with Crippen molar-refractivity contribution in [3.63, 3.8) is 0 Å². The number of amides is 1. The van der Waals surface area contributed by atoms with Crippen LogP contribution in [0, 0.1) is 23.7 Å². The minimum Gasteiger partial charge on any atom is -0.351 e. The molecule has 2 aliphatic carbocycles. The molecule has 3 heterocycles. The molecule has 1 amide bonds. The van der Waals surface area contributed by atoms with Gasteiger partial charge in [0.05, 0.1) is 0 Å². The molecule has 7 rings (SSSR count). The van der Waals surface area contributed by atoms with Crippen LogP contribution < -0.4 is 5.32 Å². The lowest BCUT2D eigenvalue weighted by Gasteiger charge is -2.51. The fraction of sp³-hybridized carbons (Fsp3) is 0.533. The van der Waals surface area contributed by atoms with E-state index in [4.69, 9.17) is 4.99 Å². The Hall–Kier alpha value is -2.46. The summed E-state index contributed by atoms with van der Waals surface area (Å²) in [7, 11) is 0. The Morgan fingerprint density at radius 2 is 1.68 bits per heavy atom. The number of benzene rings is 2. The van der Waals surface area contributed by atoms with E-state index < -0.39 is 5.54 Å². The number of hydrogen-bond donors (Lipinski definition) is 1. The van der Waals surface area contributed by atoms with Crippen molar-refractivity contribution in [1.29, 1.82) is 0 Å². The summed E-state index contributed by atoms with van der Waals surface area (Å²) >= 11 is 0. The Kier molecular flexibility index (Phi) is 5.81. The van der Waals surface area contributed by atoms with Crippen LogP contribution in [0.3, 0.4) is 0 Å². The van der Waals surface area contributed by atoms with E-state index in [1.165, 1.54) is 24.0 Å². The second-order valence-corrected chi connectivity index (χ2v) is 11.4. The summed E-state index contributed by atoms with van der Waals surface area (Å²) in [6.07, 6.45) is 8.61. The molecule has 4 heteroatoms. The topological polar surface area (TPSA) is 44.7 Å². The molecule has 2 saturated carbocycles. The maximum atomic E-state index is 14.1. The molecule has 0 aromatic heterocycles. The number of nitrogens with one attached hydrogen (secondary N) is 1. The van der Waals surface area contributed by atoms with E-state index in [-0.39, 0.29) is 11.8 Å². The second kappa shape index (κ2) is 8.96. The highest BCUT2D eigenvalue weighted by Gasteiger charge is 2.64. The van der Waals surface area contributed by atoms with Crippen LogP contribution in [0.15, 0.2) is 65.7 Å². The van der Waals surface area contributed by atoms with E-state index in [0.29, 0.717) is 23.9 Å².